The Balaban J connectivity index is 2.34. The van der Waals surface area contributed by atoms with E-state index in [4.69, 9.17) is 17.3 Å². The van der Waals surface area contributed by atoms with Gasteiger partial charge in [-0.2, -0.15) is 5.10 Å². The Morgan fingerprint density at radius 2 is 2.00 bits per heavy atom. The van der Waals surface area contributed by atoms with Crippen LogP contribution in [-0.4, -0.2) is 9.78 Å². The molecule has 0 amide bonds. The van der Waals surface area contributed by atoms with Crippen LogP contribution in [0.25, 0.3) is 0 Å². The Kier molecular flexibility index (Phi) is 3.73. The van der Waals surface area contributed by atoms with Crippen LogP contribution in [-0.2, 0) is 13.1 Å². The molecule has 18 heavy (non-hydrogen) atoms. The molecule has 0 radical (unpaired) electrons. The van der Waals surface area contributed by atoms with Crippen LogP contribution in [0.4, 0.5) is 0 Å². The molecular weight excluding hydrogens is 246 g/mol. The van der Waals surface area contributed by atoms with Gasteiger partial charge >= 0.3 is 0 Å². The molecule has 96 valence electrons. The zero-order chi connectivity index (χ0) is 13.3. The van der Waals surface area contributed by atoms with E-state index in [0.717, 1.165) is 27.5 Å². The molecule has 0 saturated carbocycles. The van der Waals surface area contributed by atoms with Crippen LogP contribution < -0.4 is 5.73 Å². The van der Waals surface area contributed by atoms with Crippen LogP contribution in [0.1, 0.15) is 28.1 Å². The second-order valence-corrected chi connectivity index (χ2v) is 5.01. The fraction of sp³-hybridized carbons (Fsp3) is 0.357. The summed E-state index contributed by atoms with van der Waals surface area (Å²) in [5.74, 6) is 0. The van der Waals surface area contributed by atoms with Gasteiger partial charge in [-0.25, -0.2) is 0 Å². The fourth-order valence-corrected chi connectivity index (χ4v) is 2.42. The van der Waals surface area contributed by atoms with Gasteiger partial charge in [0, 0.05) is 22.8 Å². The summed E-state index contributed by atoms with van der Waals surface area (Å²) in [6.45, 7) is 7.28. The Hall–Kier alpha value is -1.32. The molecule has 0 saturated heterocycles. The Labute approximate surface area is 113 Å². The van der Waals surface area contributed by atoms with Crippen LogP contribution in [0.3, 0.4) is 0 Å². The number of hydrogen-bond donors (Lipinski definition) is 1. The Morgan fingerprint density at radius 1 is 1.28 bits per heavy atom. The van der Waals surface area contributed by atoms with Crippen molar-refractivity contribution in [2.24, 2.45) is 5.73 Å². The van der Waals surface area contributed by atoms with Gasteiger partial charge in [-0.1, -0.05) is 23.7 Å². The van der Waals surface area contributed by atoms with E-state index in [0.29, 0.717) is 13.1 Å². The number of halogens is 1. The molecule has 1 heterocycles. The summed E-state index contributed by atoms with van der Waals surface area (Å²) in [7, 11) is 0. The number of hydrogen-bond acceptors (Lipinski definition) is 2. The van der Waals surface area contributed by atoms with Crippen molar-refractivity contribution in [2.45, 2.75) is 33.9 Å². The molecule has 0 aliphatic heterocycles. The summed E-state index contributed by atoms with van der Waals surface area (Å²) < 4.78 is 1.97. The van der Waals surface area contributed by atoms with Crippen molar-refractivity contribution in [3.05, 3.63) is 51.3 Å². The van der Waals surface area contributed by atoms with E-state index in [9.17, 15) is 0 Å². The zero-order valence-electron chi connectivity index (χ0n) is 11.0. The molecule has 0 aliphatic carbocycles. The molecule has 1 aromatic carbocycles. The van der Waals surface area contributed by atoms with Crippen LogP contribution in [0.5, 0.6) is 0 Å². The van der Waals surface area contributed by atoms with Crippen molar-refractivity contribution in [1.82, 2.24) is 9.78 Å². The first-order valence-electron chi connectivity index (χ1n) is 6.01. The minimum absolute atomic E-state index is 0.527. The predicted molar refractivity (Wildman–Crippen MR) is 74.9 cm³/mol. The van der Waals surface area contributed by atoms with Crippen molar-refractivity contribution < 1.29 is 0 Å². The molecule has 2 N–H and O–H groups in total. The quantitative estimate of drug-likeness (QED) is 0.925. The average molecular weight is 264 g/mol. The van der Waals surface area contributed by atoms with Gasteiger partial charge in [-0.05, 0) is 38.0 Å². The monoisotopic (exact) mass is 263 g/mol. The third-order valence-electron chi connectivity index (χ3n) is 3.26. The van der Waals surface area contributed by atoms with Crippen molar-refractivity contribution >= 4 is 11.6 Å². The van der Waals surface area contributed by atoms with E-state index in [1.54, 1.807) is 0 Å². The number of rotatable bonds is 3. The molecule has 0 spiro atoms. The highest BCUT2D eigenvalue weighted by atomic mass is 35.5. The molecule has 2 rings (SSSR count). The zero-order valence-corrected chi connectivity index (χ0v) is 11.8. The van der Waals surface area contributed by atoms with Crippen molar-refractivity contribution in [3.8, 4) is 0 Å². The van der Waals surface area contributed by atoms with Gasteiger partial charge < -0.3 is 5.73 Å². The Morgan fingerprint density at radius 3 is 2.56 bits per heavy atom. The maximum atomic E-state index is 6.25. The first kappa shape index (κ1) is 13.1. The van der Waals surface area contributed by atoms with Gasteiger partial charge in [0.25, 0.3) is 0 Å². The van der Waals surface area contributed by atoms with E-state index >= 15 is 0 Å². The lowest BCUT2D eigenvalue weighted by Gasteiger charge is -2.08. The number of nitrogens with two attached hydrogens (primary N) is 1. The van der Waals surface area contributed by atoms with Gasteiger partial charge in [0.15, 0.2) is 0 Å². The molecule has 4 heteroatoms. The van der Waals surface area contributed by atoms with Gasteiger partial charge in [0.2, 0.25) is 0 Å². The van der Waals surface area contributed by atoms with Crippen LogP contribution in [0.15, 0.2) is 18.2 Å². The second kappa shape index (κ2) is 5.12. The lowest BCUT2D eigenvalue weighted by Crippen LogP contribution is -2.06. The number of aryl methyl sites for hydroxylation is 2. The lowest BCUT2D eigenvalue weighted by atomic mass is 10.1. The number of nitrogens with zero attached hydrogens (tertiary/aromatic N) is 2. The van der Waals surface area contributed by atoms with Crippen LogP contribution in [0, 0.1) is 20.8 Å². The van der Waals surface area contributed by atoms with Crippen LogP contribution in [0.2, 0.25) is 5.02 Å². The minimum atomic E-state index is 0.527. The molecule has 3 nitrogen and oxygen atoms in total. The average Bonchev–Trinajstić information content (AvgIpc) is 2.58. The highest BCUT2D eigenvalue weighted by Gasteiger charge is 2.11. The maximum Gasteiger partial charge on any atom is 0.0677 e. The smallest absolute Gasteiger partial charge is 0.0677 e. The van der Waals surface area contributed by atoms with Crippen molar-refractivity contribution in [2.75, 3.05) is 0 Å². The summed E-state index contributed by atoms with van der Waals surface area (Å²) in [4.78, 5) is 0. The third kappa shape index (κ3) is 2.42. The normalized spacial score (nSPS) is 10.9. The molecule has 0 aliphatic rings. The maximum absolute atomic E-state index is 6.25. The standard InChI is InChI=1S/C14H18ClN3/c1-9-4-5-12(14(15)6-9)8-18-11(3)13(7-16)10(2)17-18/h4-6H,7-8,16H2,1-3H3. The highest BCUT2D eigenvalue weighted by molar-refractivity contribution is 6.31. The third-order valence-corrected chi connectivity index (χ3v) is 3.62. The van der Waals surface area contributed by atoms with Gasteiger partial charge in [-0.15, -0.1) is 0 Å². The van der Waals surface area contributed by atoms with E-state index < -0.39 is 0 Å². The summed E-state index contributed by atoms with van der Waals surface area (Å²) in [6, 6.07) is 6.10. The highest BCUT2D eigenvalue weighted by Crippen LogP contribution is 2.20. The number of aromatic nitrogens is 2. The molecule has 0 bridgehead atoms. The topological polar surface area (TPSA) is 43.8 Å². The van der Waals surface area contributed by atoms with Crippen molar-refractivity contribution in [1.29, 1.82) is 0 Å². The number of benzene rings is 1. The lowest BCUT2D eigenvalue weighted by molar-refractivity contribution is 0.658. The second-order valence-electron chi connectivity index (χ2n) is 4.61. The molecule has 0 unspecified atom stereocenters. The first-order valence-corrected chi connectivity index (χ1v) is 6.38. The minimum Gasteiger partial charge on any atom is -0.326 e. The fourth-order valence-electron chi connectivity index (χ4n) is 2.13. The summed E-state index contributed by atoms with van der Waals surface area (Å²) in [5.41, 5.74) is 11.2. The van der Waals surface area contributed by atoms with Crippen molar-refractivity contribution in [3.63, 3.8) is 0 Å². The van der Waals surface area contributed by atoms with E-state index in [-0.39, 0.29) is 0 Å². The molecule has 0 atom stereocenters. The SMILES string of the molecule is Cc1ccc(Cn2nc(C)c(CN)c2C)c(Cl)c1. The summed E-state index contributed by atoms with van der Waals surface area (Å²) >= 11 is 6.25. The van der Waals surface area contributed by atoms with E-state index in [1.165, 1.54) is 5.56 Å². The molecular formula is C14H18ClN3. The van der Waals surface area contributed by atoms with Gasteiger partial charge in [0.1, 0.15) is 0 Å². The molecule has 0 fully saturated rings. The molecule has 1 aromatic heterocycles. The van der Waals surface area contributed by atoms with E-state index in [1.807, 2.05) is 31.5 Å². The first-order chi connectivity index (χ1) is 8.52. The van der Waals surface area contributed by atoms with E-state index in [2.05, 4.69) is 17.2 Å². The molecule has 2 aromatic rings. The Bertz CT molecular complexity index is 573. The largest absolute Gasteiger partial charge is 0.326 e. The summed E-state index contributed by atoms with van der Waals surface area (Å²) in [6.07, 6.45) is 0. The predicted octanol–water partition coefficient (Wildman–Crippen LogP) is 2.97. The summed E-state index contributed by atoms with van der Waals surface area (Å²) in [5, 5.41) is 5.31. The van der Waals surface area contributed by atoms with Gasteiger partial charge in [0.05, 0.1) is 12.2 Å². The van der Waals surface area contributed by atoms with Gasteiger partial charge in [-0.3, -0.25) is 4.68 Å². The van der Waals surface area contributed by atoms with Crippen LogP contribution >= 0.6 is 11.6 Å².